The number of hydrogen-bond donors (Lipinski definition) is 0. The van der Waals surface area contributed by atoms with E-state index in [4.69, 9.17) is 7.16 Å². The normalized spacial score (nSPS) is 13.4. The average molecular weight is 629 g/mol. The molecule has 1 nitrogen and oxygen atoms in total. The number of fused-ring (bicyclic) bond motifs is 6. The van der Waals surface area contributed by atoms with Gasteiger partial charge in [-0.15, -0.1) is 0 Å². The predicted octanol–water partition coefficient (Wildman–Crippen LogP) is 13.7. The van der Waals surface area contributed by atoms with Gasteiger partial charge in [-0.2, -0.15) is 0 Å². The fourth-order valence-electron chi connectivity index (χ4n) is 7.40. The maximum absolute atomic E-state index is 9.76. The van der Waals surface area contributed by atoms with Crippen LogP contribution < -0.4 is 0 Å². The van der Waals surface area contributed by atoms with Crippen LogP contribution in [0.2, 0.25) is 0 Å². The van der Waals surface area contributed by atoms with Crippen molar-refractivity contribution in [1.29, 1.82) is 0 Å². The van der Waals surface area contributed by atoms with Crippen molar-refractivity contribution < 1.29 is 12.6 Å². The molecule has 0 saturated carbocycles. The van der Waals surface area contributed by atoms with Gasteiger partial charge in [-0.3, -0.25) is 0 Å². The molecule has 1 aromatic heterocycles. The molecule has 0 saturated heterocycles. The Morgan fingerprint density at radius 3 is 1.55 bits per heavy atom. The van der Waals surface area contributed by atoms with E-state index in [1.54, 1.807) is 0 Å². The summed E-state index contributed by atoms with van der Waals surface area (Å²) in [4.78, 5) is 0. The predicted molar refractivity (Wildman–Crippen MR) is 208 cm³/mol. The van der Waals surface area contributed by atoms with Crippen LogP contribution in [0.5, 0.6) is 0 Å². The second-order valence-electron chi connectivity index (χ2n) is 12.3. The lowest BCUT2D eigenvalue weighted by molar-refractivity contribution is 0.669. The van der Waals surface area contributed by atoms with Crippen LogP contribution in [-0.4, -0.2) is 0 Å². The summed E-state index contributed by atoms with van der Waals surface area (Å²) in [7, 11) is 0. The molecule has 0 N–H and O–H groups in total. The zero-order valence-corrected chi connectivity index (χ0v) is 26.3. The van der Waals surface area contributed by atoms with Gasteiger partial charge in [0.1, 0.15) is 11.2 Å². The Balaban J connectivity index is 1.29. The molecule has 0 amide bonds. The minimum absolute atomic E-state index is 0.118. The highest BCUT2D eigenvalue weighted by molar-refractivity contribution is 6.24. The largest absolute Gasteiger partial charge is 0.456 e. The summed E-state index contributed by atoms with van der Waals surface area (Å²) < 4.78 is 62.1. The third kappa shape index (κ3) is 4.40. The molecule has 0 radical (unpaired) electrons. The van der Waals surface area contributed by atoms with E-state index in [0.29, 0.717) is 27.9 Å². The first-order valence-electron chi connectivity index (χ1n) is 19.4. The van der Waals surface area contributed by atoms with Crippen molar-refractivity contribution in [2.45, 2.75) is 0 Å². The molecule has 1 heteroatoms. The van der Waals surface area contributed by atoms with Gasteiger partial charge in [0.05, 0.1) is 8.22 Å². The van der Waals surface area contributed by atoms with E-state index >= 15 is 0 Å². The summed E-state index contributed by atoms with van der Waals surface area (Å²) in [6.45, 7) is 0. The third-order valence-corrected chi connectivity index (χ3v) is 9.61. The maximum Gasteiger partial charge on any atom is 0.136 e. The van der Waals surface area contributed by atoms with Crippen molar-refractivity contribution in [3.8, 4) is 44.5 Å². The van der Waals surface area contributed by atoms with E-state index in [1.807, 2.05) is 103 Å². The molecule has 10 rings (SSSR count). The van der Waals surface area contributed by atoms with Gasteiger partial charge in [0.15, 0.2) is 0 Å². The molecule has 228 valence electrons. The van der Waals surface area contributed by atoms with Crippen LogP contribution in [0.15, 0.2) is 186 Å². The van der Waals surface area contributed by atoms with Gasteiger partial charge in [0.25, 0.3) is 0 Å². The van der Waals surface area contributed by atoms with Crippen molar-refractivity contribution in [3.63, 3.8) is 0 Å². The van der Waals surface area contributed by atoms with Gasteiger partial charge in [0, 0.05) is 10.8 Å². The molecule has 1 heterocycles. The molecule has 49 heavy (non-hydrogen) atoms. The zero-order chi connectivity index (χ0) is 37.5. The van der Waals surface area contributed by atoms with Crippen LogP contribution >= 0.6 is 0 Å². The van der Waals surface area contributed by atoms with Crippen LogP contribution in [0.3, 0.4) is 0 Å². The Morgan fingerprint density at radius 2 is 0.878 bits per heavy atom. The van der Waals surface area contributed by atoms with E-state index in [1.165, 1.54) is 0 Å². The summed E-state index contributed by atoms with van der Waals surface area (Å²) in [5.41, 5.74) is 7.26. The van der Waals surface area contributed by atoms with E-state index in [2.05, 4.69) is 42.5 Å². The molecule has 0 unspecified atom stereocenters. The fourth-order valence-corrected chi connectivity index (χ4v) is 7.40. The lowest BCUT2D eigenvalue weighted by Crippen LogP contribution is -1.92. The van der Waals surface area contributed by atoms with Crippen molar-refractivity contribution in [2.24, 2.45) is 0 Å². The van der Waals surface area contributed by atoms with Gasteiger partial charge in [-0.25, -0.2) is 0 Å². The van der Waals surface area contributed by atoms with Crippen molar-refractivity contribution >= 4 is 54.3 Å². The molecular formula is C48H30O. The van der Waals surface area contributed by atoms with Crippen molar-refractivity contribution in [3.05, 3.63) is 182 Å². The highest BCUT2D eigenvalue weighted by atomic mass is 16.3. The van der Waals surface area contributed by atoms with Gasteiger partial charge < -0.3 is 4.42 Å². The Morgan fingerprint density at radius 1 is 0.327 bits per heavy atom. The number of furan rings is 1. The minimum Gasteiger partial charge on any atom is -0.456 e. The second-order valence-corrected chi connectivity index (χ2v) is 12.3. The lowest BCUT2D eigenvalue weighted by atomic mass is 9.84. The van der Waals surface area contributed by atoms with Gasteiger partial charge in [0.2, 0.25) is 0 Å². The van der Waals surface area contributed by atoms with Crippen LogP contribution in [0.4, 0.5) is 0 Å². The van der Waals surface area contributed by atoms with Crippen LogP contribution in [0.1, 0.15) is 8.22 Å². The summed E-state index contributed by atoms with van der Waals surface area (Å²) in [6, 6.07) is 46.4. The van der Waals surface area contributed by atoms with E-state index in [9.17, 15) is 5.48 Å². The molecular weight excluding hydrogens is 593 g/mol. The quantitative estimate of drug-likeness (QED) is 0.177. The summed E-state index contributed by atoms with van der Waals surface area (Å²) in [5, 5.41) is 5.77. The summed E-state index contributed by atoms with van der Waals surface area (Å²) >= 11 is 0. The van der Waals surface area contributed by atoms with Crippen LogP contribution in [-0.2, 0) is 0 Å². The summed E-state index contributed by atoms with van der Waals surface area (Å²) in [5.74, 6) is 0. The lowest BCUT2D eigenvalue weighted by Gasteiger charge is -2.19. The van der Waals surface area contributed by atoms with Crippen LogP contribution in [0, 0.1) is 0 Å². The fraction of sp³-hybridized carbons (Fsp3) is 0. The molecule has 0 aliphatic carbocycles. The Kier molecular flexibility index (Phi) is 5.02. The number of hydrogen-bond acceptors (Lipinski definition) is 1. The molecule has 9 aromatic carbocycles. The molecule has 0 atom stereocenters. The topological polar surface area (TPSA) is 13.1 Å². The standard InChI is InChI=1S/C48H30O/c1-3-13-31(14-4-1)33-24-28-45-44(29-33)38-25-23-34(30-46(38)49-45)35-26-27-43(37-18-8-7-17-36(35)37)48-41-21-11-9-19-39(41)47(32-15-5-2-6-16-32)40-20-10-12-22-42(40)48/h1-30H/i7D,8D,17D,18D,26D,27D. The Bertz CT molecular complexity index is 3150. The van der Waals surface area contributed by atoms with E-state index in [-0.39, 0.29) is 40.5 Å². The van der Waals surface area contributed by atoms with Crippen molar-refractivity contribution in [2.75, 3.05) is 0 Å². The number of benzene rings is 9. The molecule has 0 spiro atoms. The molecule has 0 aliphatic heterocycles. The first kappa shape index (κ1) is 22.2. The van der Waals surface area contributed by atoms with E-state index < -0.39 is 12.1 Å². The molecule has 10 aromatic rings. The second kappa shape index (κ2) is 11.1. The monoisotopic (exact) mass is 628 g/mol. The zero-order valence-electron chi connectivity index (χ0n) is 32.3. The van der Waals surface area contributed by atoms with Crippen LogP contribution in [0.25, 0.3) is 98.8 Å². The average Bonchev–Trinajstić information content (AvgIpc) is 3.60. The van der Waals surface area contributed by atoms with Gasteiger partial charge in [-0.05, 0) is 101 Å². The Hall–Kier alpha value is -6.44. The first-order valence-corrected chi connectivity index (χ1v) is 16.4. The minimum atomic E-state index is -0.394. The molecule has 0 fully saturated rings. The highest BCUT2D eigenvalue weighted by Crippen LogP contribution is 2.46. The highest BCUT2D eigenvalue weighted by Gasteiger charge is 2.19. The smallest absolute Gasteiger partial charge is 0.136 e. The molecule has 0 aliphatic rings. The summed E-state index contributed by atoms with van der Waals surface area (Å²) in [6.07, 6.45) is 0. The molecule has 0 bridgehead atoms. The van der Waals surface area contributed by atoms with E-state index in [0.717, 1.165) is 54.6 Å². The van der Waals surface area contributed by atoms with Gasteiger partial charge >= 0.3 is 0 Å². The first-order chi connectivity index (χ1) is 26.8. The Labute approximate surface area is 292 Å². The number of rotatable bonds is 4. The van der Waals surface area contributed by atoms with Crippen molar-refractivity contribution in [1.82, 2.24) is 0 Å². The third-order valence-electron chi connectivity index (χ3n) is 9.61. The van der Waals surface area contributed by atoms with Gasteiger partial charge in [-0.1, -0.05) is 158 Å². The maximum atomic E-state index is 9.76. The SMILES string of the molecule is [2H]c1c([2H])c([2H])c2c(-c3c4ccccc4c(-c4ccccc4)c4ccccc34)c([2H])c([2H])c(-c3ccc4c(c3)oc3ccc(-c5ccccc5)cc34)c2c1[2H].